The minimum absolute atomic E-state index is 0.00263. The Morgan fingerprint density at radius 3 is 2.20 bits per heavy atom. The number of benzene rings is 4. The number of likely N-dealkylation sites (N-methyl/N-ethyl adjacent to an activating group) is 1. The molecule has 234 valence electrons. The topological polar surface area (TPSA) is 92.3 Å². The molecule has 2 amide bonds. The number of aliphatic hydroxyl groups is 1. The van der Waals surface area contributed by atoms with E-state index < -0.39 is 6.29 Å². The van der Waals surface area contributed by atoms with Crippen LogP contribution in [0.25, 0.3) is 0 Å². The third kappa shape index (κ3) is 8.80. The third-order valence-electron chi connectivity index (χ3n) is 7.85. The Morgan fingerprint density at radius 2 is 1.53 bits per heavy atom. The molecule has 1 saturated heterocycles. The molecule has 8 nitrogen and oxygen atoms in total. The first-order valence-corrected chi connectivity index (χ1v) is 15.2. The number of nitrogens with one attached hydrogen (secondary N) is 2. The Bertz CT molecular complexity index is 1510. The van der Waals surface area contributed by atoms with Gasteiger partial charge in [-0.05, 0) is 60.1 Å². The summed E-state index contributed by atoms with van der Waals surface area (Å²) >= 11 is 0. The molecule has 1 heterocycles. The van der Waals surface area contributed by atoms with Gasteiger partial charge in [-0.25, -0.2) is 4.79 Å². The second kappa shape index (κ2) is 15.5. The van der Waals surface area contributed by atoms with E-state index in [-0.39, 0.29) is 30.8 Å². The van der Waals surface area contributed by atoms with Crippen LogP contribution in [0.3, 0.4) is 0 Å². The summed E-state index contributed by atoms with van der Waals surface area (Å²) in [5, 5.41) is 15.3. The fourth-order valence-electron chi connectivity index (χ4n) is 5.31. The van der Waals surface area contributed by atoms with Crippen LogP contribution in [0.4, 0.5) is 10.5 Å². The van der Waals surface area contributed by atoms with Crippen molar-refractivity contribution in [1.82, 2.24) is 10.2 Å². The number of carbonyl (C=O) groups is 1. The zero-order valence-electron chi connectivity index (χ0n) is 25.8. The molecule has 0 bridgehead atoms. The molecule has 0 spiro atoms. The largest absolute Gasteiger partial charge is 0.457 e. The average molecular weight is 608 g/mol. The smallest absolute Gasteiger partial charge is 0.319 e. The number of amides is 2. The number of nitrogens with zero attached hydrogens (tertiary/aromatic N) is 1. The molecule has 5 rings (SSSR count). The normalized spacial score (nSPS) is 19.6. The molecule has 4 atom stereocenters. The monoisotopic (exact) mass is 607 g/mol. The fourth-order valence-corrected chi connectivity index (χ4v) is 5.31. The highest BCUT2D eigenvalue weighted by atomic mass is 16.7. The van der Waals surface area contributed by atoms with E-state index in [0.29, 0.717) is 18.0 Å². The molecule has 0 radical (unpaired) electrons. The van der Waals surface area contributed by atoms with Gasteiger partial charge in [-0.3, -0.25) is 0 Å². The van der Waals surface area contributed by atoms with Crippen molar-refractivity contribution < 1.29 is 24.1 Å². The van der Waals surface area contributed by atoms with Crippen LogP contribution in [0.15, 0.2) is 116 Å². The number of hydrogen-bond acceptors (Lipinski definition) is 6. The van der Waals surface area contributed by atoms with Crippen molar-refractivity contribution in [2.75, 3.05) is 25.5 Å². The number of urea groups is 1. The van der Waals surface area contributed by atoms with Gasteiger partial charge in [0.1, 0.15) is 11.5 Å². The molecular formula is C37H41N3O5. The molecule has 1 fully saturated rings. The maximum Gasteiger partial charge on any atom is 0.319 e. The summed E-state index contributed by atoms with van der Waals surface area (Å²) in [6, 6.07) is 32.3. The van der Waals surface area contributed by atoms with Gasteiger partial charge in [-0.15, -0.1) is 6.58 Å². The van der Waals surface area contributed by atoms with Gasteiger partial charge in [0.2, 0.25) is 0 Å². The van der Waals surface area contributed by atoms with Gasteiger partial charge in [0, 0.05) is 36.8 Å². The van der Waals surface area contributed by atoms with E-state index in [9.17, 15) is 9.90 Å². The highest BCUT2D eigenvalue weighted by Crippen LogP contribution is 2.41. The standard InChI is InChI=1S/C37H41N3O5/c1-4-22-40(3)24-34-26(2)35(29-14-12-28(25-41)13-15-29)45-36(44-34)30-16-10-27(11-17-30)23-38-37(42)39-31-18-20-33(21-19-31)43-32-8-6-5-7-9-32/h4-21,26,34-36,41H,1,22-25H2,2-3H3,(H2,38,39,42). The van der Waals surface area contributed by atoms with Crippen molar-refractivity contribution in [2.45, 2.75) is 38.6 Å². The first-order valence-electron chi connectivity index (χ1n) is 15.2. The summed E-state index contributed by atoms with van der Waals surface area (Å²) in [5.41, 5.74) is 4.43. The van der Waals surface area contributed by atoms with E-state index in [1.165, 1.54) is 0 Å². The Labute approximate surface area is 265 Å². The van der Waals surface area contributed by atoms with Crippen LogP contribution in [0.2, 0.25) is 0 Å². The summed E-state index contributed by atoms with van der Waals surface area (Å²) in [6.45, 7) is 7.87. The summed E-state index contributed by atoms with van der Waals surface area (Å²) in [4.78, 5) is 14.8. The van der Waals surface area contributed by atoms with Gasteiger partial charge in [0.25, 0.3) is 0 Å². The molecule has 0 saturated carbocycles. The number of ether oxygens (including phenoxy) is 3. The molecule has 0 aliphatic carbocycles. The molecule has 4 unspecified atom stereocenters. The third-order valence-corrected chi connectivity index (χ3v) is 7.85. The Kier molecular flexibility index (Phi) is 11.0. The van der Waals surface area contributed by atoms with Crippen molar-refractivity contribution in [2.24, 2.45) is 5.92 Å². The molecule has 0 aromatic heterocycles. The van der Waals surface area contributed by atoms with Gasteiger partial charge in [-0.1, -0.05) is 79.7 Å². The maximum absolute atomic E-state index is 12.6. The second-order valence-corrected chi connectivity index (χ2v) is 11.3. The lowest BCUT2D eigenvalue weighted by atomic mass is 9.90. The van der Waals surface area contributed by atoms with E-state index >= 15 is 0 Å². The fraction of sp³-hybridized carbons (Fsp3) is 0.270. The van der Waals surface area contributed by atoms with E-state index in [1.807, 2.05) is 97.1 Å². The molecule has 4 aromatic rings. The van der Waals surface area contributed by atoms with Crippen molar-refractivity contribution in [1.29, 1.82) is 0 Å². The SMILES string of the molecule is C=CCN(C)CC1OC(c2ccc(CNC(=O)Nc3ccc(Oc4ccccc4)cc3)cc2)OC(c2ccc(CO)cc2)C1C. The second-order valence-electron chi connectivity index (χ2n) is 11.3. The summed E-state index contributed by atoms with van der Waals surface area (Å²) in [5.74, 6) is 1.54. The van der Waals surface area contributed by atoms with Crippen molar-refractivity contribution in [3.8, 4) is 11.5 Å². The van der Waals surface area contributed by atoms with Crippen LogP contribution in [0, 0.1) is 5.92 Å². The Balaban J connectivity index is 1.18. The van der Waals surface area contributed by atoms with Crippen molar-refractivity contribution in [3.05, 3.63) is 138 Å². The first kappa shape index (κ1) is 31.9. The highest BCUT2D eigenvalue weighted by Gasteiger charge is 2.38. The number of anilines is 1. The molecule has 8 heteroatoms. The van der Waals surface area contributed by atoms with Gasteiger partial charge in [-0.2, -0.15) is 0 Å². The number of rotatable bonds is 12. The molecule has 1 aliphatic rings. The Hall–Kier alpha value is -4.47. The van der Waals surface area contributed by atoms with Crippen LogP contribution in [0.5, 0.6) is 11.5 Å². The van der Waals surface area contributed by atoms with Gasteiger partial charge in [0.15, 0.2) is 6.29 Å². The van der Waals surface area contributed by atoms with E-state index in [0.717, 1.165) is 41.1 Å². The molecular weight excluding hydrogens is 566 g/mol. The molecule has 3 N–H and O–H groups in total. The number of carbonyl (C=O) groups excluding carboxylic acids is 1. The van der Waals surface area contributed by atoms with Crippen LogP contribution >= 0.6 is 0 Å². The Morgan fingerprint density at radius 1 is 0.889 bits per heavy atom. The molecule has 45 heavy (non-hydrogen) atoms. The van der Waals surface area contributed by atoms with Gasteiger partial charge < -0.3 is 34.9 Å². The lowest BCUT2D eigenvalue weighted by molar-refractivity contribution is -0.275. The molecule has 1 aliphatic heterocycles. The van der Waals surface area contributed by atoms with Gasteiger partial charge >= 0.3 is 6.03 Å². The number of para-hydroxylation sites is 1. The summed E-state index contributed by atoms with van der Waals surface area (Å²) in [7, 11) is 2.06. The molecule has 4 aromatic carbocycles. The van der Waals surface area contributed by atoms with Crippen LogP contribution in [0.1, 0.15) is 41.6 Å². The van der Waals surface area contributed by atoms with Crippen molar-refractivity contribution >= 4 is 11.7 Å². The average Bonchev–Trinajstić information content (AvgIpc) is 3.06. The van der Waals surface area contributed by atoms with Crippen LogP contribution < -0.4 is 15.4 Å². The lowest BCUT2D eigenvalue weighted by Gasteiger charge is -2.42. The zero-order chi connectivity index (χ0) is 31.6. The van der Waals surface area contributed by atoms with Gasteiger partial charge in [0.05, 0.1) is 18.8 Å². The van der Waals surface area contributed by atoms with Crippen LogP contribution in [-0.2, 0) is 22.6 Å². The highest BCUT2D eigenvalue weighted by molar-refractivity contribution is 5.89. The predicted molar refractivity (Wildman–Crippen MR) is 176 cm³/mol. The lowest BCUT2D eigenvalue weighted by Crippen LogP contribution is -2.43. The quantitative estimate of drug-likeness (QED) is 0.148. The minimum Gasteiger partial charge on any atom is -0.457 e. The van der Waals surface area contributed by atoms with E-state index in [2.05, 4.69) is 36.1 Å². The minimum atomic E-state index is -0.551. The maximum atomic E-state index is 12.6. The van der Waals surface area contributed by atoms with Crippen molar-refractivity contribution in [3.63, 3.8) is 0 Å². The number of aliphatic hydroxyl groups excluding tert-OH is 1. The number of hydrogen-bond donors (Lipinski definition) is 3. The summed E-state index contributed by atoms with van der Waals surface area (Å²) in [6.07, 6.45) is 1.09. The first-order chi connectivity index (χ1) is 21.9. The van der Waals surface area contributed by atoms with E-state index in [4.69, 9.17) is 14.2 Å². The zero-order valence-corrected chi connectivity index (χ0v) is 25.8. The van der Waals surface area contributed by atoms with E-state index in [1.54, 1.807) is 12.1 Å². The predicted octanol–water partition coefficient (Wildman–Crippen LogP) is 7.20. The summed E-state index contributed by atoms with van der Waals surface area (Å²) < 4.78 is 18.9. The van der Waals surface area contributed by atoms with Crippen LogP contribution in [-0.4, -0.2) is 42.3 Å².